The molecule has 0 N–H and O–H groups in total. The SMILES string of the molecule is CC(c1ccccc1)c1nnc(S(=O)(=O)Cl)n1C. The zero-order chi connectivity index (χ0) is 13.3. The maximum Gasteiger partial charge on any atom is 0.296 e. The lowest BCUT2D eigenvalue weighted by molar-refractivity contribution is 0.589. The van der Waals surface area contributed by atoms with Crippen molar-refractivity contribution in [2.45, 2.75) is 18.0 Å². The molecule has 0 spiro atoms. The van der Waals surface area contributed by atoms with Gasteiger partial charge in [0.1, 0.15) is 5.82 Å². The summed E-state index contributed by atoms with van der Waals surface area (Å²) in [6.45, 7) is 1.93. The van der Waals surface area contributed by atoms with Crippen molar-refractivity contribution in [2.75, 3.05) is 0 Å². The molecule has 2 rings (SSSR count). The van der Waals surface area contributed by atoms with Crippen LogP contribution in [0.5, 0.6) is 0 Å². The highest BCUT2D eigenvalue weighted by Crippen LogP contribution is 2.24. The van der Waals surface area contributed by atoms with E-state index in [1.807, 2.05) is 37.3 Å². The Balaban J connectivity index is 2.45. The topological polar surface area (TPSA) is 64.8 Å². The fraction of sp³-hybridized carbons (Fsp3) is 0.273. The van der Waals surface area contributed by atoms with E-state index in [9.17, 15) is 8.42 Å². The summed E-state index contributed by atoms with van der Waals surface area (Å²) in [5.74, 6) is 0.497. The van der Waals surface area contributed by atoms with E-state index in [4.69, 9.17) is 10.7 Å². The molecule has 0 aliphatic rings. The van der Waals surface area contributed by atoms with Crippen LogP contribution in [-0.4, -0.2) is 23.2 Å². The summed E-state index contributed by atoms with van der Waals surface area (Å²) in [6, 6.07) is 9.66. The Hall–Kier alpha value is -1.40. The van der Waals surface area contributed by atoms with E-state index in [2.05, 4.69) is 10.2 Å². The molecule has 0 radical (unpaired) electrons. The summed E-state index contributed by atoms with van der Waals surface area (Å²) in [4.78, 5) is 0. The predicted molar refractivity (Wildman–Crippen MR) is 68.0 cm³/mol. The van der Waals surface area contributed by atoms with Gasteiger partial charge in [-0.25, -0.2) is 8.42 Å². The molecule has 96 valence electrons. The van der Waals surface area contributed by atoms with Crippen LogP contribution >= 0.6 is 10.7 Å². The van der Waals surface area contributed by atoms with Gasteiger partial charge in [0, 0.05) is 23.6 Å². The normalized spacial score (nSPS) is 13.5. The Morgan fingerprint density at radius 3 is 2.33 bits per heavy atom. The zero-order valence-corrected chi connectivity index (χ0v) is 11.5. The Morgan fingerprint density at radius 2 is 1.83 bits per heavy atom. The molecule has 2 aromatic rings. The standard InChI is InChI=1S/C11H12ClN3O2S/c1-8(9-6-4-3-5-7-9)10-13-14-11(15(10)2)18(12,16)17/h3-8H,1-2H3. The number of halogens is 1. The van der Waals surface area contributed by atoms with Gasteiger partial charge in [0.2, 0.25) is 0 Å². The molecule has 7 heteroatoms. The first-order valence-electron chi connectivity index (χ1n) is 5.30. The lowest BCUT2D eigenvalue weighted by atomic mass is 10.0. The fourth-order valence-electron chi connectivity index (χ4n) is 1.81. The Kier molecular flexibility index (Phi) is 3.41. The van der Waals surface area contributed by atoms with Crippen molar-refractivity contribution in [1.82, 2.24) is 14.8 Å². The number of rotatable bonds is 3. The minimum atomic E-state index is -3.87. The first-order chi connectivity index (χ1) is 8.41. The monoisotopic (exact) mass is 285 g/mol. The van der Waals surface area contributed by atoms with Crippen LogP contribution in [-0.2, 0) is 16.1 Å². The molecule has 1 atom stereocenters. The lowest BCUT2D eigenvalue weighted by Gasteiger charge is -2.10. The van der Waals surface area contributed by atoms with Gasteiger partial charge in [-0.3, -0.25) is 0 Å². The van der Waals surface area contributed by atoms with Crippen molar-refractivity contribution in [1.29, 1.82) is 0 Å². The molecule has 1 heterocycles. The quantitative estimate of drug-likeness (QED) is 0.808. The van der Waals surface area contributed by atoms with E-state index in [1.165, 1.54) is 4.57 Å². The molecule has 1 aromatic carbocycles. The van der Waals surface area contributed by atoms with Crippen LogP contribution < -0.4 is 0 Å². The molecule has 18 heavy (non-hydrogen) atoms. The van der Waals surface area contributed by atoms with Crippen molar-refractivity contribution >= 4 is 19.7 Å². The Morgan fingerprint density at radius 1 is 1.22 bits per heavy atom. The Labute approximate surface area is 110 Å². The molecule has 1 aromatic heterocycles. The van der Waals surface area contributed by atoms with Gasteiger partial charge in [0.15, 0.2) is 0 Å². The molecule has 0 bridgehead atoms. The average molecular weight is 286 g/mol. The van der Waals surface area contributed by atoms with Crippen molar-refractivity contribution in [3.63, 3.8) is 0 Å². The average Bonchev–Trinajstić information content (AvgIpc) is 2.71. The number of benzene rings is 1. The fourth-order valence-corrected chi connectivity index (χ4v) is 2.77. The highest BCUT2D eigenvalue weighted by Gasteiger charge is 2.23. The van der Waals surface area contributed by atoms with Gasteiger partial charge in [-0.1, -0.05) is 37.3 Å². The maximum absolute atomic E-state index is 11.3. The van der Waals surface area contributed by atoms with Crippen LogP contribution in [0.2, 0.25) is 0 Å². The van der Waals surface area contributed by atoms with E-state index in [0.717, 1.165) is 5.56 Å². The minimum Gasteiger partial charge on any atom is -0.303 e. The van der Waals surface area contributed by atoms with Crippen LogP contribution in [0.25, 0.3) is 0 Å². The largest absolute Gasteiger partial charge is 0.303 e. The second-order valence-electron chi connectivity index (χ2n) is 3.97. The molecule has 0 saturated heterocycles. The van der Waals surface area contributed by atoms with E-state index in [1.54, 1.807) is 7.05 Å². The van der Waals surface area contributed by atoms with E-state index < -0.39 is 9.05 Å². The summed E-state index contributed by atoms with van der Waals surface area (Å²) in [7, 11) is 3.00. The number of hydrogen-bond donors (Lipinski definition) is 0. The zero-order valence-electron chi connectivity index (χ0n) is 9.91. The van der Waals surface area contributed by atoms with Gasteiger partial charge in [0.05, 0.1) is 0 Å². The van der Waals surface area contributed by atoms with Crippen molar-refractivity contribution in [3.8, 4) is 0 Å². The highest BCUT2D eigenvalue weighted by molar-refractivity contribution is 8.13. The third-order valence-corrected chi connectivity index (χ3v) is 3.98. The second-order valence-corrected chi connectivity index (χ2v) is 6.43. The van der Waals surface area contributed by atoms with Gasteiger partial charge in [-0.2, -0.15) is 0 Å². The van der Waals surface area contributed by atoms with Crippen LogP contribution in [0.3, 0.4) is 0 Å². The first-order valence-corrected chi connectivity index (χ1v) is 7.61. The third-order valence-electron chi connectivity index (χ3n) is 2.77. The molecule has 5 nitrogen and oxygen atoms in total. The summed E-state index contributed by atoms with van der Waals surface area (Å²) in [6.07, 6.45) is 0. The number of aromatic nitrogens is 3. The summed E-state index contributed by atoms with van der Waals surface area (Å²) >= 11 is 0. The molecule has 0 aliphatic heterocycles. The molecule has 0 aliphatic carbocycles. The highest BCUT2D eigenvalue weighted by atomic mass is 35.7. The summed E-state index contributed by atoms with van der Waals surface area (Å²) in [5.41, 5.74) is 1.03. The first kappa shape index (κ1) is 13.0. The molecular weight excluding hydrogens is 274 g/mol. The van der Waals surface area contributed by atoms with Crippen LogP contribution in [0.15, 0.2) is 35.5 Å². The van der Waals surface area contributed by atoms with Gasteiger partial charge in [-0.15, -0.1) is 10.2 Å². The Bertz CT molecular complexity index is 652. The number of hydrogen-bond acceptors (Lipinski definition) is 4. The van der Waals surface area contributed by atoms with Crippen molar-refractivity contribution in [2.24, 2.45) is 7.05 Å². The van der Waals surface area contributed by atoms with E-state index in [0.29, 0.717) is 5.82 Å². The lowest BCUT2D eigenvalue weighted by Crippen LogP contribution is -2.08. The summed E-state index contributed by atoms with van der Waals surface area (Å²) in [5, 5.41) is 7.30. The van der Waals surface area contributed by atoms with Crippen molar-refractivity contribution < 1.29 is 8.42 Å². The molecule has 0 saturated carbocycles. The minimum absolute atomic E-state index is 0.0594. The molecule has 1 unspecified atom stereocenters. The molecular formula is C11H12ClN3O2S. The van der Waals surface area contributed by atoms with Crippen molar-refractivity contribution in [3.05, 3.63) is 41.7 Å². The number of nitrogens with zero attached hydrogens (tertiary/aromatic N) is 3. The second kappa shape index (κ2) is 4.70. The van der Waals surface area contributed by atoms with Gasteiger partial charge < -0.3 is 4.57 Å². The predicted octanol–water partition coefficient (Wildman–Crippen LogP) is 1.89. The molecule has 0 fully saturated rings. The van der Waals surface area contributed by atoms with Crippen LogP contribution in [0.4, 0.5) is 0 Å². The van der Waals surface area contributed by atoms with Crippen LogP contribution in [0.1, 0.15) is 24.2 Å². The smallest absolute Gasteiger partial charge is 0.296 e. The van der Waals surface area contributed by atoms with Gasteiger partial charge in [0.25, 0.3) is 14.2 Å². The van der Waals surface area contributed by atoms with E-state index in [-0.39, 0.29) is 11.1 Å². The van der Waals surface area contributed by atoms with Crippen LogP contribution in [0, 0.1) is 0 Å². The maximum atomic E-state index is 11.3. The third kappa shape index (κ3) is 2.39. The summed E-state index contributed by atoms with van der Waals surface area (Å²) < 4.78 is 23.9. The van der Waals surface area contributed by atoms with E-state index >= 15 is 0 Å². The van der Waals surface area contributed by atoms with Gasteiger partial charge in [-0.05, 0) is 5.56 Å². The molecule has 0 amide bonds. The van der Waals surface area contributed by atoms with Gasteiger partial charge >= 0.3 is 0 Å².